The van der Waals surface area contributed by atoms with Crippen molar-refractivity contribution in [3.8, 4) is 11.5 Å². The molecule has 0 aliphatic heterocycles. The average molecular weight is 641 g/mol. The second-order valence-electron chi connectivity index (χ2n) is 7.96. The van der Waals surface area contributed by atoms with Crippen LogP contribution in [0.15, 0.2) is 61.3 Å². The lowest BCUT2D eigenvalue weighted by Crippen LogP contribution is -2.16. The van der Waals surface area contributed by atoms with E-state index in [4.69, 9.17) is 9.29 Å². The van der Waals surface area contributed by atoms with E-state index in [0.29, 0.717) is 0 Å². The van der Waals surface area contributed by atoms with Gasteiger partial charge in [-0.05, 0) is 48.2 Å². The third-order valence-electron chi connectivity index (χ3n) is 5.25. The molecule has 0 radical (unpaired) electrons. The number of phenols is 1. The van der Waals surface area contributed by atoms with Gasteiger partial charge in [0.05, 0.1) is 29.3 Å². The molecule has 3 aromatic rings. The van der Waals surface area contributed by atoms with Crippen molar-refractivity contribution in [3.63, 3.8) is 0 Å². The molecule has 0 fully saturated rings. The molecule has 40 heavy (non-hydrogen) atoms. The fourth-order valence-electron chi connectivity index (χ4n) is 3.48. The first-order valence-electron chi connectivity index (χ1n) is 10.4. The minimum Gasteiger partial charge on any atom is -0.505 e. The van der Waals surface area contributed by atoms with Crippen molar-refractivity contribution in [2.75, 3.05) is 19.5 Å². The Morgan fingerprint density at radius 3 is 2.02 bits per heavy atom. The minimum atomic E-state index is -5.08. The van der Waals surface area contributed by atoms with Gasteiger partial charge >= 0.3 is 10.4 Å². The van der Waals surface area contributed by atoms with Gasteiger partial charge in [-0.15, -0.1) is 10.2 Å². The van der Waals surface area contributed by atoms with E-state index in [1.165, 1.54) is 13.0 Å². The van der Waals surface area contributed by atoms with E-state index >= 15 is 0 Å². The molecule has 0 saturated carbocycles. The molecule has 20 heteroatoms. The molecule has 0 bridgehead atoms. The van der Waals surface area contributed by atoms with Gasteiger partial charge in [-0.2, -0.15) is 25.3 Å². The monoisotopic (exact) mass is 640 g/mol. The molecular formula is C20H20N2O14S4. The Morgan fingerprint density at radius 2 is 1.48 bits per heavy atom. The number of hydrogen-bond donors (Lipinski definition) is 4. The Labute approximate surface area is 228 Å². The number of methoxy groups -OCH3 is 1. The maximum atomic E-state index is 12.7. The van der Waals surface area contributed by atoms with Gasteiger partial charge in [0, 0.05) is 11.5 Å². The number of rotatable bonds is 10. The highest BCUT2D eigenvalue weighted by atomic mass is 32.3. The number of fused-ring (bicyclic) bond motifs is 1. The summed E-state index contributed by atoms with van der Waals surface area (Å²) in [6, 6.07) is 5.82. The summed E-state index contributed by atoms with van der Waals surface area (Å²) in [5.41, 5.74) is -0.846. The zero-order valence-electron chi connectivity index (χ0n) is 20.3. The predicted molar refractivity (Wildman–Crippen MR) is 137 cm³/mol. The van der Waals surface area contributed by atoms with Crippen LogP contribution in [0.3, 0.4) is 0 Å². The summed E-state index contributed by atoms with van der Waals surface area (Å²) in [5, 5.41) is 17.9. The van der Waals surface area contributed by atoms with E-state index in [-0.39, 0.29) is 32.7 Å². The Balaban J connectivity index is 2.13. The summed E-state index contributed by atoms with van der Waals surface area (Å²) in [6.07, 6.45) is 0. The highest BCUT2D eigenvalue weighted by Gasteiger charge is 2.24. The van der Waals surface area contributed by atoms with E-state index in [1.54, 1.807) is 0 Å². The molecule has 16 nitrogen and oxygen atoms in total. The fraction of sp³-hybridized carbons (Fsp3) is 0.200. The van der Waals surface area contributed by atoms with Crippen molar-refractivity contribution in [1.82, 2.24) is 0 Å². The molecule has 0 amide bonds. The number of phenolic OH excluding ortho intramolecular Hbond substituents is 1. The largest absolute Gasteiger partial charge is 0.505 e. The Kier molecular flexibility index (Phi) is 8.58. The fourth-order valence-corrected chi connectivity index (χ4v) is 6.41. The number of aryl methyl sites for hydroxylation is 1. The average Bonchev–Trinajstić information content (AvgIpc) is 2.80. The van der Waals surface area contributed by atoms with Crippen molar-refractivity contribution in [2.45, 2.75) is 21.6 Å². The van der Waals surface area contributed by atoms with Gasteiger partial charge < -0.3 is 9.84 Å². The SMILES string of the molecule is COc1cc(S(=O)(=O)CCOS(=O)(=O)O)c(C)cc1N=Nc1c(S(=O)(=O)O)cc2cc(S(=O)(=O)O)ccc2c1O. The first-order chi connectivity index (χ1) is 18.2. The summed E-state index contributed by atoms with van der Waals surface area (Å²) in [6.45, 7) is 0.467. The Bertz CT molecular complexity index is 1970. The molecule has 0 unspecified atom stereocenters. The van der Waals surface area contributed by atoms with Crippen LogP contribution in [0.4, 0.5) is 11.4 Å². The van der Waals surface area contributed by atoms with Crippen molar-refractivity contribution < 1.29 is 61.4 Å². The van der Waals surface area contributed by atoms with Gasteiger partial charge in [-0.25, -0.2) is 12.6 Å². The number of aromatic hydroxyl groups is 1. The first kappa shape index (κ1) is 31.3. The zero-order chi connectivity index (χ0) is 30.3. The molecule has 0 spiro atoms. The third-order valence-corrected chi connectivity index (χ3v) is 9.25. The van der Waals surface area contributed by atoms with Gasteiger partial charge in [0.2, 0.25) is 0 Å². The van der Waals surface area contributed by atoms with Crippen LogP contribution in [-0.2, 0) is 44.7 Å². The maximum Gasteiger partial charge on any atom is 0.397 e. The van der Waals surface area contributed by atoms with Gasteiger partial charge in [0.25, 0.3) is 20.2 Å². The Morgan fingerprint density at radius 1 is 0.825 bits per heavy atom. The van der Waals surface area contributed by atoms with Crippen molar-refractivity contribution in [3.05, 3.63) is 42.0 Å². The summed E-state index contributed by atoms with van der Waals surface area (Å²) < 4.78 is 130. The lowest BCUT2D eigenvalue weighted by molar-refractivity contribution is 0.284. The summed E-state index contributed by atoms with van der Waals surface area (Å²) >= 11 is 0. The zero-order valence-corrected chi connectivity index (χ0v) is 23.5. The molecular weight excluding hydrogens is 620 g/mol. The summed E-state index contributed by atoms with van der Waals surface area (Å²) in [5.74, 6) is -1.86. The van der Waals surface area contributed by atoms with Crippen LogP contribution < -0.4 is 4.74 Å². The van der Waals surface area contributed by atoms with Gasteiger partial charge in [0.15, 0.2) is 15.6 Å². The lowest BCUT2D eigenvalue weighted by atomic mass is 10.1. The van der Waals surface area contributed by atoms with E-state index in [0.717, 1.165) is 37.4 Å². The standard InChI is InChI=1S/C20H20N2O14S4/c1-11-7-15(16(35-2)10-17(11)37(24,25)6-5-36-40(32,33)34)21-22-19-18(39(29,30)31)9-12-8-13(38(26,27)28)3-4-14(12)20(19)23/h3-4,7-10,23H,5-6H2,1-2H3,(H,26,27,28)(H,29,30,31)(H,32,33,34). The molecule has 0 aromatic heterocycles. The highest BCUT2D eigenvalue weighted by molar-refractivity contribution is 7.91. The number of benzene rings is 3. The predicted octanol–water partition coefficient (Wildman–Crippen LogP) is 2.36. The number of azo groups is 1. The van der Waals surface area contributed by atoms with Crippen LogP contribution in [-0.4, -0.2) is 71.9 Å². The van der Waals surface area contributed by atoms with Crippen LogP contribution in [0, 0.1) is 6.92 Å². The van der Waals surface area contributed by atoms with Crippen molar-refractivity contribution in [2.24, 2.45) is 10.2 Å². The van der Waals surface area contributed by atoms with Crippen LogP contribution in [0.5, 0.6) is 11.5 Å². The smallest absolute Gasteiger partial charge is 0.397 e. The quantitative estimate of drug-likeness (QED) is 0.183. The molecule has 0 atom stereocenters. The summed E-state index contributed by atoms with van der Waals surface area (Å²) in [4.78, 5) is -1.90. The van der Waals surface area contributed by atoms with Gasteiger partial charge in [-0.3, -0.25) is 13.7 Å². The molecule has 0 heterocycles. The van der Waals surface area contributed by atoms with Crippen LogP contribution >= 0.6 is 0 Å². The maximum absolute atomic E-state index is 12.7. The summed E-state index contributed by atoms with van der Waals surface area (Å²) in [7, 11) is -17.7. The van der Waals surface area contributed by atoms with Crippen LogP contribution in [0.1, 0.15) is 5.56 Å². The van der Waals surface area contributed by atoms with Gasteiger partial charge in [-0.1, -0.05) is 0 Å². The first-order valence-corrected chi connectivity index (χ1v) is 16.3. The third kappa shape index (κ3) is 7.09. The number of ether oxygens (including phenoxy) is 1. The second kappa shape index (κ2) is 11.0. The molecule has 4 N–H and O–H groups in total. The van der Waals surface area contributed by atoms with Crippen molar-refractivity contribution in [1.29, 1.82) is 0 Å². The molecule has 0 aliphatic rings. The molecule has 3 aromatic carbocycles. The number of nitrogens with zero attached hydrogens (tertiary/aromatic N) is 2. The number of sulfone groups is 1. The minimum absolute atomic E-state index is 0.0667. The Hall–Kier alpha value is -3.24. The van der Waals surface area contributed by atoms with E-state index in [2.05, 4.69) is 14.4 Å². The molecule has 0 aliphatic carbocycles. The van der Waals surface area contributed by atoms with Gasteiger partial charge in [0.1, 0.15) is 22.0 Å². The van der Waals surface area contributed by atoms with Crippen molar-refractivity contribution >= 4 is 62.6 Å². The normalized spacial score (nSPS) is 13.2. The molecule has 0 saturated heterocycles. The van der Waals surface area contributed by atoms with E-state index in [9.17, 15) is 47.9 Å². The van der Waals surface area contributed by atoms with E-state index in [1.807, 2.05) is 0 Å². The van der Waals surface area contributed by atoms with Crippen LogP contribution in [0.25, 0.3) is 10.8 Å². The lowest BCUT2D eigenvalue weighted by Gasteiger charge is -2.12. The molecule has 3 rings (SSSR count). The topological polar surface area (TPSA) is 261 Å². The molecule has 218 valence electrons. The second-order valence-corrected chi connectivity index (χ2v) is 13.9. The highest BCUT2D eigenvalue weighted by Crippen LogP contribution is 2.43. The number of hydrogen-bond acceptors (Lipinski definition) is 13. The van der Waals surface area contributed by atoms with E-state index < -0.39 is 74.1 Å². The van der Waals surface area contributed by atoms with Crippen LogP contribution in [0.2, 0.25) is 0 Å².